The SMILES string of the molecule is CCc1ccc(-c2ccc(Cl)cc2)cc1C1=C(O)[C@H]2[C@@H](C1=O)[C@@H]1C=C[C@H]2O1. The molecule has 4 heteroatoms. The van der Waals surface area contributed by atoms with Crippen LogP contribution in [0.3, 0.4) is 0 Å². The fourth-order valence-corrected chi connectivity index (χ4v) is 4.74. The van der Waals surface area contributed by atoms with Crippen LogP contribution in [0.1, 0.15) is 18.1 Å². The van der Waals surface area contributed by atoms with Gasteiger partial charge in [-0.2, -0.15) is 0 Å². The van der Waals surface area contributed by atoms with E-state index in [2.05, 4.69) is 13.0 Å². The zero-order chi connectivity index (χ0) is 18.7. The summed E-state index contributed by atoms with van der Waals surface area (Å²) in [5.41, 5.74) is 4.39. The van der Waals surface area contributed by atoms with Crippen molar-refractivity contribution in [3.8, 4) is 11.1 Å². The third-order valence-corrected chi connectivity index (χ3v) is 6.21. The lowest BCUT2D eigenvalue weighted by Gasteiger charge is -2.15. The van der Waals surface area contributed by atoms with Gasteiger partial charge in [-0.15, -0.1) is 0 Å². The Morgan fingerprint density at radius 1 is 1.00 bits per heavy atom. The monoisotopic (exact) mass is 378 g/mol. The highest BCUT2D eigenvalue weighted by atomic mass is 35.5. The molecule has 1 fully saturated rings. The van der Waals surface area contributed by atoms with Crippen molar-refractivity contribution < 1.29 is 14.6 Å². The molecule has 0 aromatic heterocycles. The number of rotatable bonds is 3. The largest absolute Gasteiger partial charge is 0.511 e. The number of Topliss-reactive ketones (excluding diaryl/α,β-unsaturated/α-hetero) is 1. The summed E-state index contributed by atoms with van der Waals surface area (Å²) < 4.78 is 5.79. The lowest BCUT2D eigenvalue weighted by atomic mass is 9.84. The molecule has 136 valence electrons. The Balaban J connectivity index is 1.63. The molecule has 4 atom stereocenters. The second-order valence-corrected chi connectivity index (χ2v) is 7.80. The summed E-state index contributed by atoms with van der Waals surface area (Å²) in [5, 5.41) is 11.6. The number of hydrogen-bond donors (Lipinski definition) is 1. The number of aliphatic hydroxyl groups is 1. The van der Waals surface area contributed by atoms with Crippen molar-refractivity contribution in [2.45, 2.75) is 25.6 Å². The van der Waals surface area contributed by atoms with Gasteiger partial charge in [-0.05, 0) is 46.9 Å². The van der Waals surface area contributed by atoms with Gasteiger partial charge in [0.05, 0.1) is 29.6 Å². The number of ether oxygens (including phenoxy) is 1. The van der Waals surface area contributed by atoms with Crippen molar-refractivity contribution >= 4 is 23.0 Å². The Kier molecular flexibility index (Phi) is 3.78. The van der Waals surface area contributed by atoms with Crippen LogP contribution in [-0.2, 0) is 16.0 Å². The average Bonchev–Trinajstić information content (AvgIpc) is 3.36. The normalized spacial score (nSPS) is 28.3. The Hall–Kier alpha value is -2.36. The molecule has 0 amide bonds. The molecular formula is C23H19ClO3. The van der Waals surface area contributed by atoms with Crippen LogP contribution < -0.4 is 0 Å². The van der Waals surface area contributed by atoms with Crippen LogP contribution in [0.5, 0.6) is 0 Å². The summed E-state index contributed by atoms with van der Waals surface area (Å²) in [5.74, 6) is -0.354. The topological polar surface area (TPSA) is 46.5 Å². The van der Waals surface area contributed by atoms with Gasteiger partial charge >= 0.3 is 0 Å². The number of hydrogen-bond acceptors (Lipinski definition) is 3. The fourth-order valence-electron chi connectivity index (χ4n) is 4.62. The zero-order valence-electron chi connectivity index (χ0n) is 14.9. The molecule has 1 saturated heterocycles. The van der Waals surface area contributed by atoms with E-state index in [9.17, 15) is 9.90 Å². The quantitative estimate of drug-likeness (QED) is 0.765. The standard InChI is InChI=1S/C23H19ClO3/c1-2-12-3-4-14(13-5-7-15(24)8-6-13)11-16(12)19-22(25)20-17-9-10-18(27-17)21(20)23(19)26/h3-11,17-18,20-21,25H,2H2,1H3/t17-,18+,20-,21+/m1/s1. The first-order valence-electron chi connectivity index (χ1n) is 9.29. The van der Waals surface area contributed by atoms with E-state index in [-0.39, 0.29) is 35.6 Å². The van der Waals surface area contributed by atoms with Crippen molar-refractivity contribution in [2.75, 3.05) is 0 Å². The van der Waals surface area contributed by atoms with E-state index in [1.807, 2.05) is 48.6 Å². The molecule has 1 aliphatic carbocycles. The third kappa shape index (κ3) is 2.42. The predicted molar refractivity (Wildman–Crippen MR) is 106 cm³/mol. The first kappa shape index (κ1) is 16.8. The maximum Gasteiger partial charge on any atom is 0.173 e. The second kappa shape index (κ2) is 6.08. The Labute approximate surface area is 162 Å². The van der Waals surface area contributed by atoms with Crippen LogP contribution in [0.25, 0.3) is 16.7 Å². The summed E-state index contributed by atoms with van der Waals surface area (Å²) >= 11 is 6.00. The maximum atomic E-state index is 13.2. The van der Waals surface area contributed by atoms with Gasteiger partial charge in [-0.25, -0.2) is 0 Å². The van der Waals surface area contributed by atoms with Gasteiger partial charge in [0.2, 0.25) is 0 Å². The fraction of sp³-hybridized carbons (Fsp3) is 0.261. The Morgan fingerprint density at radius 2 is 1.67 bits per heavy atom. The third-order valence-electron chi connectivity index (χ3n) is 5.96. The molecular weight excluding hydrogens is 360 g/mol. The minimum Gasteiger partial charge on any atom is -0.511 e. The summed E-state index contributed by atoms with van der Waals surface area (Å²) in [6, 6.07) is 13.7. The molecule has 2 aliphatic heterocycles. The van der Waals surface area contributed by atoms with Crippen molar-refractivity contribution in [3.63, 3.8) is 0 Å². The van der Waals surface area contributed by atoms with Gasteiger partial charge in [0.25, 0.3) is 0 Å². The molecule has 2 bridgehead atoms. The van der Waals surface area contributed by atoms with Crippen LogP contribution >= 0.6 is 11.6 Å². The number of allylic oxidation sites excluding steroid dienone is 1. The molecule has 2 heterocycles. The lowest BCUT2D eigenvalue weighted by Crippen LogP contribution is -2.26. The molecule has 0 radical (unpaired) electrons. The van der Waals surface area contributed by atoms with E-state index < -0.39 is 0 Å². The highest BCUT2D eigenvalue weighted by Crippen LogP contribution is 2.51. The first-order chi connectivity index (χ1) is 13.1. The van der Waals surface area contributed by atoms with Gasteiger partial charge in [0, 0.05) is 5.02 Å². The smallest absolute Gasteiger partial charge is 0.173 e. The number of halogens is 1. The summed E-state index contributed by atoms with van der Waals surface area (Å²) in [6.45, 7) is 2.06. The van der Waals surface area contributed by atoms with E-state index in [0.29, 0.717) is 10.6 Å². The minimum atomic E-state index is -0.293. The molecule has 3 nitrogen and oxygen atoms in total. The number of aryl methyl sites for hydroxylation is 1. The van der Waals surface area contributed by atoms with Gasteiger partial charge in [-0.3, -0.25) is 4.79 Å². The molecule has 0 saturated carbocycles. The maximum absolute atomic E-state index is 13.2. The van der Waals surface area contributed by atoms with E-state index in [4.69, 9.17) is 16.3 Å². The Bertz CT molecular complexity index is 1000. The molecule has 5 rings (SSSR count). The van der Waals surface area contributed by atoms with Gasteiger partial charge < -0.3 is 9.84 Å². The summed E-state index contributed by atoms with van der Waals surface area (Å²) in [4.78, 5) is 13.2. The van der Waals surface area contributed by atoms with E-state index in [0.717, 1.165) is 28.7 Å². The molecule has 27 heavy (non-hydrogen) atoms. The predicted octanol–water partition coefficient (Wildman–Crippen LogP) is 4.99. The van der Waals surface area contributed by atoms with Gasteiger partial charge in [-0.1, -0.05) is 54.9 Å². The molecule has 0 spiro atoms. The molecule has 2 aromatic carbocycles. The molecule has 0 unspecified atom stereocenters. The lowest BCUT2D eigenvalue weighted by molar-refractivity contribution is -0.118. The number of carbonyl (C=O) groups excluding carboxylic acids is 1. The van der Waals surface area contributed by atoms with E-state index >= 15 is 0 Å². The van der Waals surface area contributed by atoms with Crippen molar-refractivity contribution in [1.82, 2.24) is 0 Å². The number of benzene rings is 2. The highest BCUT2D eigenvalue weighted by Gasteiger charge is 2.57. The number of ketones is 1. The molecule has 3 aliphatic rings. The Morgan fingerprint density at radius 3 is 2.33 bits per heavy atom. The number of aliphatic hydroxyl groups excluding tert-OH is 1. The van der Waals surface area contributed by atoms with Crippen LogP contribution in [0, 0.1) is 11.8 Å². The van der Waals surface area contributed by atoms with E-state index in [1.165, 1.54) is 0 Å². The highest BCUT2D eigenvalue weighted by molar-refractivity contribution is 6.30. The zero-order valence-corrected chi connectivity index (χ0v) is 15.6. The van der Waals surface area contributed by atoms with Crippen molar-refractivity contribution in [1.29, 1.82) is 0 Å². The van der Waals surface area contributed by atoms with Crippen LogP contribution in [-0.4, -0.2) is 23.1 Å². The van der Waals surface area contributed by atoms with Gasteiger partial charge in [0.15, 0.2) is 5.78 Å². The summed E-state index contributed by atoms with van der Waals surface area (Å²) in [6.07, 6.45) is 4.30. The van der Waals surface area contributed by atoms with E-state index in [1.54, 1.807) is 0 Å². The molecule has 2 aromatic rings. The number of fused-ring (bicyclic) bond motifs is 5. The van der Waals surface area contributed by atoms with Crippen LogP contribution in [0.4, 0.5) is 0 Å². The van der Waals surface area contributed by atoms with Crippen molar-refractivity contribution in [2.24, 2.45) is 11.8 Å². The number of carbonyl (C=O) groups is 1. The first-order valence-corrected chi connectivity index (χ1v) is 9.66. The molecule has 1 N–H and O–H groups in total. The average molecular weight is 379 g/mol. The van der Waals surface area contributed by atoms with Gasteiger partial charge in [0.1, 0.15) is 5.76 Å². The van der Waals surface area contributed by atoms with Crippen LogP contribution in [0.2, 0.25) is 5.02 Å². The minimum absolute atomic E-state index is 0.00249. The second-order valence-electron chi connectivity index (χ2n) is 7.36. The van der Waals surface area contributed by atoms with Crippen molar-refractivity contribution in [3.05, 3.63) is 76.5 Å². The summed E-state index contributed by atoms with van der Waals surface area (Å²) in [7, 11) is 0. The van der Waals surface area contributed by atoms with Crippen LogP contribution in [0.15, 0.2) is 60.4 Å².